The van der Waals surface area contributed by atoms with Gasteiger partial charge in [-0.3, -0.25) is 14.9 Å². The maximum Gasteiger partial charge on any atom is 0.356 e. The van der Waals surface area contributed by atoms with Gasteiger partial charge in [0.2, 0.25) is 0 Å². The molecule has 1 amide bonds. The predicted molar refractivity (Wildman–Crippen MR) is 93.1 cm³/mol. The summed E-state index contributed by atoms with van der Waals surface area (Å²) in [4.78, 5) is 24.4. The first-order valence-corrected chi connectivity index (χ1v) is 8.38. The first kappa shape index (κ1) is 20.9. The van der Waals surface area contributed by atoms with Crippen LogP contribution < -0.4 is 10.6 Å². The molecular formula is C16H28N4O5. The van der Waals surface area contributed by atoms with E-state index in [1.54, 1.807) is 25.2 Å². The van der Waals surface area contributed by atoms with Gasteiger partial charge in [0.25, 0.3) is 0 Å². The Morgan fingerprint density at radius 3 is 2.76 bits per heavy atom. The molecule has 0 radical (unpaired) electrons. The molecule has 0 saturated carbocycles. The number of hydrogen-bond donors (Lipinski definition) is 2. The lowest BCUT2D eigenvalue weighted by molar-refractivity contribution is -0.420. The molecule has 0 bridgehead atoms. The zero-order valence-corrected chi connectivity index (χ0v) is 15.1. The number of allylic oxidation sites excluding steroid dienone is 1. The van der Waals surface area contributed by atoms with E-state index in [0.29, 0.717) is 19.6 Å². The molecule has 0 aromatic heterocycles. The maximum atomic E-state index is 12.1. The molecule has 0 aliphatic carbocycles. The highest BCUT2D eigenvalue weighted by atomic mass is 16.7. The van der Waals surface area contributed by atoms with E-state index in [1.807, 2.05) is 0 Å². The van der Waals surface area contributed by atoms with Gasteiger partial charge in [0, 0.05) is 40.5 Å². The molecule has 1 saturated heterocycles. The smallest absolute Gasteiger partial charge is 0.356 e. The summed E-state index contributed by atoms with van der Waals surface area (Å²) < 4.78 is 11.0. The number of nitrogens with one attached hydrogen (secondary N) is 2. The van der Waals surface area contributed by atoms with Crippen molar-refractivity contribution in [2.24, 2.45) is 0 Å². The first-order chi connectivity index (χ1) is 12.0. The molecule has 2 N–H and O–H groups in total. The molecular weight excluding hydrogens is 328 g/mol. The second-order valence-corrected chi connectivity index (χ2v) is 5.83. The fourth-order valence-electron chi connectivity index (χ4n) is 2.22. The van der Waals surface area contributed by atoms with Crippen LogP contribution in [0.2, 0.25) is 0 Å². The monoisotopic (exact) mass is 356 g/mol. The van der Waals surface area contributed by atoms with Crippen molar-refractivity contribution < 1.29 is 19.2 Å². The zero-order valence-electron chi connectivity index (χ0n) is 15.1. The lowest BCUT2D eigenvalue weighted by Gasteiger charge is -2.22. The Bertz CT molecular complexity index is 499. The van der Waals surface area contributed by atoms with E-state index in [4.69, 9.17) is 9.47 Å². The average Bonchev–Trinajstić information content (AvgIpc) is 2.58. The number of carbonyl (C=O) groups excluding carboxylic acids is 1. The van der Waals surface area contributed by atoms with Gasteiger partial charge in [0.1, 0.15) is 5.70 Å². The summed E-state index contributed by atoms with van der Waals surface area (Å²) in [5.74, 6) is -0.730. The van der Waals surface area contributed by atoms with Crippen LogP contribution in [0.1, 0.15) is 25.7 Å². The molecule has 1 fully saturated rings. The van der Waals surface area contributed by atoms with Crippen molar-refractivity contribution in [3.8, 4) is 0 Å². The van der Waals surface area contributed by atoms with Crippen LogP contribution in [0.25, 0.3) is 0 Å². The molecule has 142 valence electrons. The number of hydrogen-bond acceptors (Lipinski definition) is 7. The minimum Gasteiger partial charge on any atom is -0.383 e. The summed E-state index contributed by atoms with van der Waals surface area (Å²) in [6, 6.07) is 0. The van der Waals surface area contributed by atoms with E-state index in [9.17, 15) is 14.9 Å². The van der Waals surface area contributed by atoms with Crippen LogP contribution in [-0.4, -0.2) is 62.9 Å². The third kappa shape index (κ3) is 7.99. The van der Waals surface area contributed by atoms with E-state index in [2.05, 4.69) is 10.6 Å². The minimum atomic E-state index is -0.730. The van der Waals surface area contributed by atoms with Crippen molar-refractivity contribution in [1.29, 1.82) is 0 Å². The Kier molecular flexibility index (Phi) is 9.56. The first-order valence-electron chi connectivity index (χ1n) is 8.38. The zero-order chi connectivity index (χ0) is 18.7. The molecule has 0 aromatic carbocycles. The van der Waals surface area contributed by atoms with Crippen molar-refractivity contribution in [2.45, 2.75) is 32.0 Å². The fraction of sp³-hybridized carbons (Fsp3) is 0.688. The fourth-order valence-corrected chi connectivity index (χ4v) is 2.22. The van der Waals surface area contributed by atoms with Crippen molar-refractivity contribution in [2.75, 3.05) is 40.9 Å². The Morgan fingerprint density at radius 1 is 1.44 bits per heavy atom. The van der Waals surface area contributed by atoms with Gasteiger partial charge >= 0.3 is 11.6 Å². The van der Waals surface area contributed by atoms with Gasteiger partial charge in [0.15, 0.2) is 6.29 Å². The number of nitro groups is 1. The van der Waals surface area contributed by atoms with Gasteiger partial charge in [-0.25, -0.2) is 0 Å². The number of amides is 1. The quantitative estimate of drug-likeness (QED) is 0.196. The van der Waals surface area contributed by atoms with E-state index < -0.39 is 16.5 Å². The summed E-state index contributed by atoms with van der Waals surface area (Å²) in [5.41, 5.74) is -0.375. The second kappa shape index (κ2) is 11.4. The van der Waals surface area contributed by atoms with E-state index >= 15 is 0 Å². The van der Waals surface area contributed by atoms with Gasteiger partial charge in [-0.05, 0) is 31.8 Å². The lowest BCUT2D eigenvalue weighted by Crippen LogP contribution is -2.32. The van der Waals surface area contributed by atoms with Crippen molar-refractivity contribution in [1.82, 2.24) is 15.5 Å². The molecule has 9 nitrogen and oxygen atoms in total. The van der Waals surface area contributed by atoms with Gasteiger partial charge in [0.05, 0.1) is 11.5 Å². The molecule has 1 aliphatic rings. The number of rotatable bonds is 10. The lowest BCUT2D eigenvalue weighted by atomic mass is 10.2. The Hall–Kier alpha value is -2.13. The SMILES string of the molecule is CNC(/C=C/N(C)C)=C(\C(=O)NCCCOC1CCCCO1)[N+](=O)[O-]. The van der Waals surface area contributed by atoms with E-state index in [0.717, 1.165) is 19.3 Å². The summed E-state index contributed by atoms with van der Waals surface area (Å²) >= 11 is 0. The van der Waals surface area contributed by atoms with Crippen molar-refractivity contribution in [3.05, 3.63) is 33.8 Å². The van der Waals surface area contributed by atoms with Crippen LogP contribution in [0.3, 0.4) is 0 Å². The predicted octanol–water partition coefficient (Wildman–Crippen LogP) is 0.819. The summed E-state index contributed by atoms with van der Waals surface area (Å²) in [6.07, 6.45) is 6.52. The van der Waals surface area contributed by atoms with E-state index in [1.165, 1.54) is 13.1 Å². The highest BCUT2D eigenvalue weighted by Gasteiger charge is 2.25. The molecule has 1 aliphatic heterocycles. The van der Waals surface area contributed by atoms with Gasteiger partial charge < -0.3 is 25.0 Å². The normalized spacial score (nSPS) is 18.6. The van der Waals surface area contributed by atoms with Crippen LogP contribution in [0, 0.1) is 10.1 Å². The van der Waals surface area contributed by atoms with Crippen LogP contribution in [0.15, 0.2) is 23.7 Å². The van der Waals surface area contributed by atoms with Gasteiger partial charge in [-0.1, -0.05) is 0 Å². The highest BCUT2D eigenvalue weighted by Crippen LogP contribution is 2.13. The van der Waals surface area contributed by atoms with Crippen LogP contribution in [0.4, 0.5) is 0 Å². The molecule has 1 heterocycles. The summed E-state index contributed by atoms with van der Waals surface area (Å²) in [5, 5.41) is 16.5. The number of ether oxygens (including phenoxy) is 2. The average molecular weight is 356 g/mol. The summed E-state index contributed by atoms with van der Waals surface area (Å²) in [6.45, 7) is 1.44. The third-order valence-corrected chi connectivity index (χ3v) is 3.51. The Balaban J connectivity index is 2.48. The van der Waals surface area contributed by atoms with Gasteiger partial charge in [-0.2, -0.15) is 0 Å². The second-order valence-electron chi connectivity index (χ2n) is 5.83. The highest BCUT2D eigenvalue weighted by molar-refractivity contribution is 5.92. The molecule has 25 heavy (non-hydrogen) atoms. The van der Waals surface area contributed by atoms with Crippen molar-refractivity contribution >= 4 is 5.91 Å². The van der Waals surface area contributed by atoms with E-state index in [-0.39, 0.29) is 18.5 Å². The molecule has 1 rings (SSSR count). The third-order valence-electron chi connectivity index (χ3n) is 3.51. The Morgan fingerprint density at radius 2 is 2.20 bits per heavy atom. The topological polar surface area (TPSA) is 106 Å². The van der Waals surface area contributed by atoms with Crippen LogP contribution >= 0.6 is 0 Å². The molecule has 9 heteroatoms. The van der Waals surface area contributed by atoms with Gasteiger partial charge in [-0.15, -0.1) is 0 Å². The number of nitrogens with zero attached hydrogens (tertiary/aromatic N) is 2. The summed E-state index contributed by atoms with van der Waals surface area (Å²) in [7, 11) is 5.10. The van der Waals surface area contributed by atoms with Crippen LogP contribution in [-0.2, 0) is 14.3 Å². The van der Waals surface area contributed by atoms with Crippen LogP contribution in [0.5, 0.6) is 0 Å². The standard InChI is InChI=1S/C16H28N4O5/c1-17-13(8-10-19(2)3)15(20(22)23)16(21)18-9-6-12-25-14-7-4-5-11-24-14/h8,10,14,17H,4-7,9,11-12H2,1-3H3,(H,18,21)/b10-8+,15-13+. The molecule has 0 spiro atoms. The Labute approximate surface area is 148 Å². The molecule has 0 aromatic rings. The van der Waals surface area contributed by atoms with Crippen molar-refractivity contribution in [3.63, 3.8) is 0 Å². The molecule has 1 atom stereocenters. The molecule has 1 unspecified atom stereocenters. The minimum absolute atomic E-state index is 0.142. The maximum absolute atomic E-state index is 12.1. The number of likely N-dealkylation sites (N-methyl/N-ethyl adjacent to an activating group) is 1. The largest absolute Gasteiger partial charge is 0.383 e. The number of carbonyl (C=O) groups is 1.